The van der Waals surface area contributed by atoms with Crippen LogP contribution in [0.15, 0.2) is 18.5 Å². The van der Waals surface area contributed by atoms with Gasteiger partial charge in [0.25, 0.3) is 0 Å². The molecule has 0 radical (unpaired) electrons. The van der Waals surface area contributed by atoms with E-state index in [1.165, 1.54) is 0 Å². The molecular formula is C8H13N3O. The van der Waals surface area contributed by atoms with Crippen molar-refractivity contribution in [3.63, 3.8) is 0 Å². The van der Waals surface area contributed by atoms with Crippen LogP contribution in [-0.2, 0) is 4.74 Å². The number of rotatable bonds is 4. The number of nitrogens with one attached hydrogen (secondary N) is 1. The molecule has 0 bridgehead atoms. The average Bonchev–Trinajstić information content (AvgIpc) is 2.06. The second-order valence-corrected chi connectivity index (χ2v) is 2.31. The van der Waals surface area contributed by atoms with Gasteiger partial charge >= 0.3 is 0 Å². The molecule has 1 aromatic heterocycles. The molecule has 0 spiro atoms. The summed E-state index contributed by atoms with van der Waals surface area (Å²) in [6, 6.07) is 1.77. The molecule has 12 heavy (non-hydrogen) atoms. The standard InChI is InChI=1S/C8H13N3O/c1-3-12-7(2)11-8-9-5-4-6-10-8/h4-7H,3H2,1-2H3,(H,9,10,11). The first-order valence-corrected chi connectivity index (χ1v) is 3.98. The van der Waals surface area contributed by atoms with Crippen LogP contribution in [0.5, 0.6) is 0 Å². The fourth-order valence-corrected chi connectivity index (χ4v) is 0.847. The maximum absolute atomic E-state index is 5.25. The van der Waals surface area contributed by atoms with Crippen LogP contribution in [-0.4, -0.2) is 22.8 Å². The Hall–Kier alpha value is -1.16. The van der Waals surface area contributed by atoms with Crippen LogP contribution in [0.25, 0.3) is 0 Å². The summed E-state index contributed by atoms with van der Waals surface area (Å²) in [4.78, 5) is 8.00. The molecular weight excluding hydrogens is 154 g/mol. The van der Waals surface area contributed by atoms with Gasteiger partial charge in [-0.15, -0.1) is 0 Å². The molecule has 0 aliphatic carbocycles. The molecule has 4 heteroatoms. The lowest BCUT2D eigenvalue weighted by Gasteiger charge is -2.12. The lowest BCUT2D eigenvalue weighted by molar-refractivity contribution is 0.0955. The molecule has 0 aromatic carbocycles. The zero-order valence-electron chi connectivity index (χ0n) is 7.32. The number of ether oxygens (including phenoxy) is 1. The van der Waals surface area contributed by atoms with Crippen molar-refractivity contribution in [2.75, 3.05) is 11.9 Å². The van der Waals surface area contributed by atoms with Crippen molar-refractivity contribution in [1.82, 2.24) is 9.97 Å². The second kappa shape index (κ2) is 4.66. The molecule has 1 N–H and O–H groups in total. The highest BCUT2D eigenvalue weighted by atomic mass is 16.5. The lowest BCUT2D eigenvalue weighted by Crippen LogP contribution is -2.20. The van der Waals surface area contributed by atoms with Crippen molar-refractivity contribution < 1.29 is 4.74 Å². The highest BCUT2D eigenvalue weighted by Gasteiger charge is 2.00. The van der Waals surface area contributed by atoms with Gasteiger partial charge in [-0.2, -0.15) is 0 Å². The van der Waals surface area contributed by atoms with Crippen LogP contribution in [0.3, 0.4) is 0 Å². The fourth-order valence-electron chi connectivity index (χ4n) is 0.847. The summed E-state index contributed by atoms with van der Waals surface area (Å²) >= 11 is 0. The Morgan fingerprint density at radius 3 is 2.75 bits per heavy atom. The predicted octanol–water partition coefficient (Wildman–Crippen LogP) is 1.27. The zero-order valence-corrected chi connectivity index (χ0v) is 7.32. The van der Waals surface area contributed by atoms with E-state index in [9.17, 15) is 0 Å². The summed E-state index contributed by atoms with van der Waals surface area (Å²) in [6.45, 7) is 4.55. The number of hydrogen-bond acceptors (Lipinski definition) is 4. The van der Waals surface area contributed by atoms with E-state index in [0.717, 1.165) is 0 Å². The van der Waals surface area contributed by atoms with Gasteiger partial charge in [-0.05, 0) is 19.9 Å². The third-order valence-corrected chi connectivity index (χ3v) is 1.31. The highest BCUT2D eigenvalue weighted by molar-refractivity contribution is 5.22. The molecule has 1 unspecified atom stereocenters. The average molecular weight is 167 g/mol. The van der Waals surface area contributed by atoms with Crippen LogP contribution < -0.4 is 5.32 Å². The van der Waals surface area contributed by atoms with Gasteiger partial charge in [-0.1, -0.05) is 0 Å². The van der Waals surface area contributed by atoms with E-state index in [4.69, 9.17) is 4.74 Å². The Morgan fingerprint density at radius 1 is 1.50 bits per heavy atom. The molecule has 0 saturated carbocycles. The van der Waals surface area contributed by atoms with Crippen LogP contribution in [0.2, 0.25) is 0 Å². The van der Waals surface area contributed by atoms with Gasteiger partial charge in [-0.25, -0.2) is 9.97 Å². The molecule has 1 heterocycles. The van der Waals surface area contributed by atoms with Crippen LogP contribution in [0.4, 0.5) is 5.95 Å². The predicted molar refractivity (Wildman–Crippen MR) is 46.7 cm³/mol. The van der Waals surface area contributed by atoms with E-state index in [-0.39, 0.29) is 6.23 Å². The molecule has 1 atom stereocenters. The summed E-state index contributed by atoms with van der Waals surface area (Å²) in [5.74, 6) is 0.596. The topological polar surface area (TPSA) is 47.0 Å². The molecule has 0 aliphatic rings. The Kier molecular flexibility index (Phi) is 3.47. The number of hydrogen-bond donors (Lipinski definition) is 1. The summed E-state index contributed by atoms with van der Waals surface area (Å²) in [7, 11) is 0. The largest absolute Gasteiger partial charge is 0.359 e. The first kappa shape index (κ1) is 8.93. The van der Waals surface area contributed by atoms with Crippen molar-refractivity contribution in [3.05, 3.63) is 18.5 Å². The van der Waals surface area contributed by atoms with Crippen molar-refractivity contribution >= 4 is 5.95 Å². The summed E-state index contributed by atoms with van der Waals surface area (Å²) in [5, 5.41) is 3.00. The van der Waals surface area contributed by atoms with E-state index in [0.29, 0.717) is 12.6 Å². The smallest absolute Gasteiger partial charge is 0.224 e. The first-order chi connectivity index (χ1) is 5.83. The van der Waals surface area contributed by atoms with Gasteiger partial charge in [0.05, 0.1) is 0 Å². The number of anilines is 1. The van der Waals surface area contributed by atoms with Gasteiger partial charge in [-0.3, -0.25) is 0 Å². The van der Waals surface area contributed by atoms with E-state index >= 15 is 0 Å². The van der Waals surface area contributed by atoms with E-state index < -0.39 is 0 Å². The Bertz CT molecular complexity index is 215. The van der Waals surface area contributed by atoms with Crippen molar-refractivity contribution in [2.45, 2.75) is 20.1 Å². The lowest BCUT2D eigenvalue weighted by atomic mass is 10.6. The van der Waals surface area contributed by atoms with Crippen molar-refractivity contribution in [1.29, 1.82) is 0 Å². The summed E-state index contributed by atoms with van der Waals surface area (Å²) in [6.07, 6.45) is 3.33. The number of aromatic nitrogens is 2. The quantitative estimate of drug-likeness (QED) is 0.686. The molecule has 0 aliphatic heterocycles. The van der Waals surface area contributed by atoms with Gasteiger partial charge in [0.15, 0.2) is 0 Å². The van der Waals surface area contributed by atoms with Crippen molar-refractivity contribution in [2.24, 2.45) is 0 Å². The zero-order chi connectivity index (χ0) is 8.81. The molecule has 66 valence electrons. The molecule has 0 amide bonds. The highest BCUT2D eigenvalue weighted by Crippen LogP contribution is 1.98. The van der Waals surface area contributed by atoms with E-state index in [1.807, 2.05) is 13.8 Å². The normalized spacial score (nSPS) is 12.5. The third-order valence-electron chi connectivity index (χ3n) is 1.31. The van der Waals surface area contributed by atoms with Crippen LogP contribution in [0, 0.1) is 0 Å². The molecule has 0 fully saturated rings. The fraction of sp³-hybridized carbons (Fsp3) is 0.500. The van der Waals surface area contributed by atoms with Gasteiger partial charge < -0.3 is 10.1 Å². The summed E-state index contributed by atoms with van der Waals surface area (Å²) in [5.41, 5.74) is 0. The summed E-state index contributed by atoms with van der Waals surface area (Å²) < 4.78 is 5.25. The van der Waals surface area contributed by atoms with Crippen LogP contribution in [0.1, 0.15) is 13.8 Å². The Morgan fingerprint density at radius 2 is 2.17 bits per heavy atom. The van der Waals surface area contributed by atoms with Gasteiger partial charge in [0, 0.05) is 19.0 Å². The maximum Gasteiger partial charge on any atom is 0.224 e. The van der Waals surface area contributed by atoms with E-state index in [2.05, 4.69) is 15.3 Å². The first-order valence-electron chi connectivity index (χ1n) is 3.98. The minimum absolute atomic E-state index is 0.0441. The SMILES string of the molecule is CCOC(C)Nc1ncccn1. The molecule has 1 rings (SSSR count). The third kappa shape index (κ3) is 2.84. The van der Waals surface area contributed by atoms with Crippen LogP contribution >= 0.6 is 0 Å². The van der Waals surface area contributed by atoms with E-state index in [1.54, 1.807) is 18.5 Å². The Balaban J connectivity index is 2.41. The molecule has 0 saturated heterocycles. The maximum atomic E-state index is 5.25. The van der Waals surface area contributed by atoms with Crippen molar-refractivity contribution in [3.8, 4) is 0 Å². The second-order valence-electron chi connectivity index (χ2n) is 2.31. The van der Waals surface area contributed by atoms with Gasteiger partial charge in [0.2, 0.25) is 5.95 Å². The minimum Gasteiger partial charge on any atom is -0.359 e. The van der Waals surface area contributed by atoms with Gasteiger partial charge in [0.1, 0.15) is 6.23 Å². The monoisotopic (exact) mass is 167 g/mol. The minimum atomic E-state index is -0.0441. The molecule has 1 aromatic rings. The Labute approximate surface area is 72.0 Å². The molecule has 4 nitrogen and oxygen atoms in total. The number of nitrogens with zero attached hydrogens (tertiary/aromatic N) is 2.